The summed E-state index contributed by atoms with van der Waals surface area (Å²) in [7, 11) is 7.76. The first kappa shape index (κ1) is 30.1. The van der Waals surface area contributed by atoms with Gasteiger partial charge in [-0.15, -0.1) is 0 Å². The minimum absolute atomic E-state index is 0.0104. The molecule has 1 aromatic rings. The van der Waals surface area contributed by atoms with Crippen molar-refractivity contribution in [3.8, 4) is 0 Å². The van der Waals surface area contributed by atoms with E-state index in [2.05, 4.69) is 96.9 Å². The van der Waals surface area contributed by atoms with Crippen LogP contribution in [0.2, 0.25) is 0 Å². The van der Waals surface area contributed by atoms with E-state index in [4.69, 9.17) is 18.6 Å². The Bertz CT molecular complexity index is 518. The van der Waals surface area contributed by atoms with Crippen LogP contribution in [-0.2, 0) is 17.0 Å². The number of hydrogen-bond donors (Lipinski definition) is 0. The van der Waals surface area contributed by atoms with Gasteiger partial charge in [0.05, 0.1) is 0 Å². The van der Waals surface area contributed by atoms with E-state index in [9.17, 15) is 5.16 Å². The van der Waals surface area contributed by atoms with Crippen LogP contribution in [0.1, 0.15) is 90.1 Å². The van der Waals surface area contributed by atoms with Crippen LogP contribution in [0.5, 0.6) is 0 Å². The second kappa shape index (κ2) is 10.8. The van der Waals surface area contributed by atoms with Crippen molar-refractivity contribution in [2.24, 2.45) is 0 Å². The molecule has 1 nitrogen and oxygen atoms in total. The van der Waals surface area contributed by atoms with Gasteiger partial charge in [-0.2, -0.15) is 27.8 Å². The molecule has 0 radical (unpaired) electrons. The Labute approximate surface area is 187 Å². The Kier molecular flexibility index (Phi) is 12.0. The van der Waals surface area contributed by atoms with Gasteiger partial charge in [0, 0.05) is 0 Å². The number of halogens is 2. The predicted octanol–water partition coefficient (Wildman–Crippen LogP) is 9.48. The monoisotopic (exact) mass is 469 g/mol. The van der Waals surface area contributed by atoms with Gasteiger partial charge < -0.3 is 5.16 Å². The molecular formula is C22H42Cl2NPTi-2. The van der Waals surface area contributed by atoms with Crippen molar-refractivity contribution in [1.82, 2.24) is 0 Å². The van der Waals surface area contributed by atoms with Crippen LogP contribution in [0, 0.1) is 34.6 Å². The summed E-state index contributed by atoms with van der Waals surface area (Å²) in [4.78, 5) is 0. The zero-order valence-corrected chi connectivity index (χ0v) is 24.1. The third-order valence-electron chi connectivity index (χ3n) is 5.72. The zero-order chi connectivity index (χ0) is 22.6. The van der Waals surface area contributed by atoms with Crippen molar-refractivity contribution < 1.29 is 17.0 Å². The minimum atomic E-state index is -2.02. The molecule has 1 rings (SSSR count). The Morgan fingerprint density at radius 1 is 0.704 bits per heavy atom. The van der Waals surface area contributed by atoms with Crippen LogP contribution < -0.4 is 0 Å². The summed E-state index contributed by atoms with van der Waals surface area (Å²) in [5.74, 6) is 0. The summed E-state index contributed by atoms with van der Waals surface area (Å²) in [6, 6.07) is 0. The number of rotatable bonds is 0. The number of nitrogens with zero attached hydrogens (tertiary/aromatic N) is 1. The summed E-state index contributed by atoms with van der Waals surface area (Å²) >= 11 is -0.556. The molecule has 0 N–H and O–H groups in total. The summed E-state index contributed by atoms with van der Waals surface area (Å²) in [5.41, 5.74) is 7.34. The van der Waals surface area contributed by atoms with Crippen molar-refractivity contribution in [2.75, 3.05) is 0 Å². The SMILES string of the molecule is CC(C)(C)P(=[N-])(C(C)(C)C)C(C)(C)C.Cc1c(C)c(C)[c-](C)c1C.[Cl][Ti][Cl]. The van der Waals surface area contributed by atoms with Gasteiger partial charge in [-0.05, 0) is 15.5 Å². The molecule has 0 aromatic heterocycles. The van der Waals surface area contributed by atoms with Gasteiger partial charge in [-0.3, -0.25) is 0 Å². The Morgan fingerprint density at radius 3 is 0.926 bits per heavy atom. The molecule has 0 saturated carbocycles. The van der Waals surface area contributed by atoms with Crippen LogP contribution in [0.3, 0.4) is 0 Å². The van der Waals surface area contributed by atoms with Gasteiger partial charge in [0.2, 0.25) is 0 Å². The van der Waals surface area contributed by atoms with E-state index in [0.717, 1.165) is 0 Å². The van der Waals surface area contributed by atoms with Gasteiger partial charge in [0.25, 0.3) is 0 Å². The van der Waals surface area contributed by atoms with Crippen LogP contribution in [0.4, 0.5) is 0 Å². The van der Waals surface area contributed by atoms with Crippen molar-refractivity contribution in [2.45, 2.75) is 112 Å². The number of hydrogen-bond acceptors (Lipinski definition) is 0. The third kappa shape index (κ3) is 7.25. The van der Waals surface area contributed by atoms with Crippen LogP contribution >= 0.6 is 25.7 Å². The topological polar surface area (TPSA) is 22.3 Å². The average Bonchev–Trinajstić information content (AvgIpc) is 2.62. The van der Waals surface area contributed by atoms with Gasteiger partial charge >= 0.3 is 35.6 Å². The molecule has 0 unspecified atom stereocenters. The second-order valence-electron chi connectivity index (χ2n) is 10.3. The first-order valence-electron chi connectivity index (χ1n) is 9.50. The fraction of sp³-hybridized carbons (Fsp3) is 0.773. The molecule has 0 fully saturated rings. The molecule has 0 aliphatic heterocycles. The molecule has 0 atom stereocenters. The fourth-order valence-corrected chi connectivity index (χ4v) is 10.5. The van der Waals surface area contributed by atoms with Gasteiger partial charge in [-0.25, -0.2) is 7.05 Å². The van der Waals surface area contributed by atoms with Crippen molar-refractivity contribution in [3.05, 3.63) is 33.0 Å². The van der Waals surface area contributed by atoms with E-state index < -0.39 is 24.1 Å². The Hall–Kier alpha value is 0.874. The molecule has 1 aromatic carbocycles. The molecule has 27 heavy (non-hydrogen) atoms. The molecule has 0 aliphatic carbocycles. The van der Waals surface area contributed by atoms with Gasteiger partial charge in [0.15, 0.2) is 0 Å². The maximum absolute atomic E-state index is 11.1. The maximum atomic E-state index is 11.1. The van der Waals surface area contributed by atoms with Crippen molar-refractivity contribution >= 4 is 25.7 Å². The van der Waals surface area contributed by atoms with Gasteiger partial charge in [-0.1, -0.05) is 96.9 Å². The first-order valence-corrected chi connectivity index (χ1v) is 15.5. The third-order valence-corrected chi connectivity index (χ3v) is 11.5. The molecule has 0 spiro atoms. The van der Waals surface area contributed by atoms with E-state index in [-0.39, 0.29) is 15.5 Å². The molecule has 0 heterocycles. The summed E-state index contributed by atoms with van der Waals surface area (Å²) in [5, 5.41) is 11.1. The van der Waals surface area contributed by atoms with Crippen LogP contribution in [0.25, 0.3) is 5.16 Å². The first-order chi connectivity index (χ1) is 11.7. The van der Waals surface area contributed by atoms with Crippen LogP contribution in [-0.4, -0.2) is 15.5 Å². The normalized spacial score (nSPS) is 12.6. The molecule has 0 bridgehead atoms. The summed E-state index contributed by atoms with van der Waals surface area (Å²) in [6.07, 6.45) is 0. The second-order valence-corrected chi connectivity index (χ2v) is 18.2. The fourth-order valence-electron chi connectivity index (χ4n) is 4.42. The summed E-state index contributed by atoms with van der Waals surface area (Å²) in [6.45, 7) is 30.5. The standard InChI is InChI=1S/C12H27NP.C10H15.2ClH.Ti/c1-10(2,3)14(13,11(4,5)6)12(7,8)9;1-6-7(2)9(4)10(5)8(6)3;;;/h1-9H3;1-5H3;2*1H;/q2*-1;;;+2/p-2. The van der Waals surface area contributed by atoms with E-state index in [1.54, 1.807) is 0 Å². The zero-order valence-electron chi connectivity index (χ0n) is 20.2. The van der Waals surface area contributed by atoms with Crippen LogP contribution in [0.15, 0.2) is 0 Å². The van der Waals surface area contributed by atoms with E-state index in [1.165, 1.54) is 27.8 Å². The van der Waals surface area contributed by atoms with Crippen molar-refractivity contribution in [1.29, 1.82) is 0 Å². The average molecular weight is 470 g/mol. The van der Waals surface area contributed by atoms with E-state index >= 15 is 0 Å². The van der Waals surface area contributed by atoms with Gasteiger partial charge in [0.1, 0.15) is 0 Å². The molecule has 0 aliphatic rings. The summed E-state index contributed by atoms with van der Waals surface area (Å²) < 4.78 is 0. The van der Waals surface area contributed by atoms with E-state index in [0.29, 0.717) is 0 Å². The quantitative estimate of drug-likeness (QED) is 0.205. The molecular weight excluding hydrogens is 428 g/mol. The van der Waals surface area contributed by atoms with E-state index in [1.807, 2.05) is 0 Å². The Balaban J connectivity index is 0. The molecule has 5 heteroatoms. The molecule has 0 amide bonds. The molecule has 0 saturated heterocycles. The Morgan fingerprint density at radius 2 is 0.889 bits per heavy atom. The predicted molar refractivity (Wildman–Crippen MR) is 127 cm³/mol. The molecule has 160 valence electrons. The van der Waals surface area contributed by atoms with Crippen molar-refractivity contribution in [3.63, 3.8) is 0 Å².